The third kappa shape index (κ3) is 5.91. The van der Waals surface area contributed by atoms with Crippen molar-refractivity contribution >= 4 is 34.9 Å². The number of nitro groups is 1. The molecule has 0 saturated carbocycles. The molecule has 1 aromatic rings. The van der Waals surface area contributed by atoms with Crippen LogP contribution in [0, 0.1) is 10.1 Å². The molecular formula is C15H15ClN2O5. The number of nitrogens with zero attached hydrogens (tertiary/aromatic N) is 1. The van der Waals surface area contributed by atoms with E-state index in [1.807, 2.05) is 0 Å². The van der Waals surface area contributed by atoms with E-state index in [4.69, 9.17) is 16.3 Å². The van der Waals surface area contributed by atoms with Crippen molar-refractivity contribution < 1.29 is 19.2 Å². The smallest absolute Gasteiger partial charge is 0.331 e. The highest BCUT2D eigenvalue weighted by Gasteiger charge is 2.18. The molecule has 0 aromatic heterocycles. The van der Waals surface area contributed by atoms with Gasteiger partial charge in [-0.15, -0.1) is 0 Å². The van der Waals surface area contributed by atoms with Gasteiger partial charge in [0.15, 0.2) is 6.10 Å². The van der Waals surface area contributed by atoms with Crippen LogP contribution in [0.3, 0.4) is 0 Å². The molecule has 1 atom stereocenters. The van der Waals surface area contributed by atoms with E-state index in [0.29, 0.717) is 0 Å². The Morgan fingerprint density at radius 3 is 2.65 bits per heavy atom. The van der Waals surface area contributed by atoms with Gasteiger partial charge in [0.2, 0.25) is 0 Å². The van der Waals surface area contributed by atoms with E-state index >= 15 is 0 Å². The Morgan fingerprint density at radius 1 is 1.39 bits per heavy atom. The molecule has 0 aliphatic heterocycles. The second kappa shape index (κ2) is 8.70. The van der Waals surface area contributed by atoms with Crippen molar-refractivity contribution in [2.24, 2.45) is 0 Å². The molecule has 1 rings (SSSR count). The molecule has 122 valence electrons. The zero-order valence-electron chi connectivity index (χ0n) is 12.5. The zero-order valence-corrected chi connectivity index (χ0v) is 13.2. The van der Waals surface area contributed by atoms with Gasteiger partial charge in [-0.1, -0.05) is 29.8 Å². The first-order valence-corrected chi connectivity index (χ1v) is 6.97. The van der Waals surface area contributed by atoms with Crippen molar-refractivity contribution in [3.8, 4) is 0 Å². The summed E-state index contributed by atoms with van der Waals surface area (Å²) in [6, 6.07) is 3.63. The number of hydrogen-bond donors (Lipinski definition) is 1. The summed E-state index contributed by atoms with van der Waals surface area (Å²) in [5, 5.41) is 13.1. The number of rotatable bonds is 6. The monoisotopic (exact) mass is 338 g/mol. The van der Waals surface area contributed by atoms with Gasteiger partial charge in [0.05, 0.1) is 15.6 Å². The van der Waals surface area contributed by atoms with E-state index in [2.05, 4.69) is 5.32 Å². The maximum atomic E-state index is 11.9. The van der Waals surface area contributed by atoms with E-state index in [0.717, 1.165) is 6.07 Å². The van der Waals surface area contributed by atoms with Crippen molar-refractivity contribution in [1.82, 2.24) is 0 Å². The predicted molar refractivity (Wildman–Crippen MR) is 86.2 cm³/mol. The van der Waals surface area contributed by atoms with Gasteiger partial charge in [0.25, 0.3) is 11.6 Å². The van der Waals surface area contributed by atoms with Crippen LogP contribution in [0.15, 0.2) is 42.5 Å². The second-order valence-electron chi connectivity index (χ2n) is 4.37. The molecular weight excluding hydrogens is 324 g/mol. The number of hydrogen-bond acceptors (Lipinski definition) is 5. The van der Waals surface area contributed by atoms with Crippen LogP contribution in [-0.2, 0) is 14.3 Å². The van der Waals surface area contributed by atoms with Crippen molar-refractivity contribution in [3.05, 3.63) is 57.6 Å². The van der Waals surface area contributed by atoms with Crippen molar-refractivity contribution in [2.45, 2.75) is 20.0 Å². The molecule has 1 amide bonds. The number of anilines is 1. The molecule has 0 heterocycles. The van der Waals surface area contributed by atoms with E-state index in [-0.39, 0.29) is 16.4 Å². The molecule has 23 heavy (non-hydrogen) atoms. The highest BCUT2D eigenvalue weighted by atomic mass is 35.5. The van der Waals surface area contributed by atoms with Crippen LogP contribution >= 0.6 is 11.6 Å². The number of amides is 1. The van der Waals surface area contributed by atoms with Gasteiger partial charge in [-0.3, -0.25) is 14.9 Å². The SMILES string of the molecule is C/C=C/C=C/C(=O)OC(C)C(=O)Nc1ccc([N+](=O)[O-])cc1Cl. The number of carbonyl (C=O) groups is 2. The molecule has 1 unspecified atom stereocenters. The molecule has 0 fully saturated rings. The highest BCUT2D eigenvalue weighted by Crippen LogP contribution is 2.26. The van der Waals surface area contributed by atoms with Gasteiger partial charge in [-0.25, -0.2) is 4.79 Å². The summed E-state index contributed by atoms with van der Waals surface area (Å²) in [6.07, 6.45) is 4.99. The van der Waals surface area contributed by atoms with Gasteiger partial charge in [-0.2, -0.15) is 0 Å². The molecule has 1 N–H and O–H groups in total. The lowest BCUT2D eigenvalue weighted by molar-refractivity contribution is -0.384. The first-order chi connectivity index (χ1) is 10.8. The number of ether oxygens (including phenoxy) is 1. The molecule has 0 aliphatic rings. The maximum absolute atomic E-state index is 11.9. The maximum Gasteiger partial charge on any atom is 0.331 e. The molecule has 0 radical (unpaired) electrons. The van der Waals surface area contributed by atoms with Crippen LogP contribution in [0.2, 0.25) is 5.02 Å². The van der Waals surface area contributed by atoms with Crippen molar-refractivity contribution in [3.63, 3.8) is 0 Å². The van der Waals surface area contributed by atoms with Crippen molar-refractivity contribution in [2.75, 3.05) is 5.32 Å². The minimum absolute atomic E-state index is 0.0130. The van der Waals surface area contributed by atoms with Gasteiger partial charge < -0.3 is 10.1 Å². The Labute approximate surface area is 137 Å². The number of esters is 1. The van der Waals surface area contributed by atoms with Gasteiger partial charge in [0.1, 0.15) is 0 Å². The Hall–Kier alpha value is -2.67. The van der Waals surface area contributed by atoms with Crippen molar-refractivity contribution in [1.29, 1.82) is 0 Å². The number of allylic oxidation sites excluding steroid dienone is 3. The second-order valence-corrected chi connectivity index (χ2v) is 4.78. The van der Waals surface area contributed by atoms with Crippen LogP contribution < -0.4 is 5.32 Å². The van der Waals surface area contributed by atoms with Gasteiger partial charge in [0, 0.05) is 18.2 Å². The summed E-state index contributed by atoms with van der Waals surface area (Å²) in [4.78, 5) is 33.4. The minimum atomic E-state index is -1.05. The summed E-state index contributed by atoms with van der Waals surface area (Å²) in [6.45, 7) is 3.19. The van der Waals surface area contributed by atoms with Crippen LogP contribution in [-0.4, -0.2) is 22.9 Å². The number of carbonyl (C=O) groups excluding carboxylic acids is 2. The average Bonchev–Trinajstić information content (AvgIpc) is 2.49. The first kappa shape index (κ1) is 18.4. The summed E-state index contributed by atoms with van der Waals surface area (Å²) in [7, 11) is 0. The quantitative estimate of drug-likeness (QED) is 0.282. The molecule has 0 bridgehead atoms. The van der Waals surface area contributed by atoms with Gasteiger partial charge in [-0.05, 0) is 19.9 Å². The first-order valence-electron chi connectivity index (χ1n) is 6.60. The van der Waals surface area contributed by atoms with Gasteiger partial charge >= 0.3 is 5.97 Å². The number of nitrogens with one attached hydrogen (secondary N) is 1. The van der Waals surface area contributed by atoms with E-state index in [1.165, 1.54) is 31.2 Å². The summed E-state index contributed by atoms with van der Waals surface area (Å²) >= 11 is 5.87. The summed E-state index contributed by atoms with van der Waals surface area (Å²) < 4.78 is 4.91. The molecule has 0 aliphatic carbocycles. The summed E-state index contributed by atoms with van der Waals surface area (Å²) in [5.41, 5.74) is -0.00350. The molecule has 0 saturated heterocycles. The van der Waals surface area contributed by atoms with Crippen LogP contribution in [0.1, 0.15) is 13.8 Å². The zero-order chi connectivity index (χ0) is 17.4. The molecule has 0 spiro atoms. The number of non-ortho nitro benzene ring substituents is 1. The topological polar surface area (TPSA) is 98.5 Å². The Kier molecular flexibility index (Phi) is 6.95. The van der Waals surface area contributed by atoms with Crippen LogP contribution in [0.4, 0.5) is 11.4 Å². The molecule has 1 aromatic carbocycles. The lowest BCUT2D eigenvalue weighted by Crippen LogP contribution is -2.29. The standard InChI is InChI=1S/C15H15ClN2O5/c1-3-4-5-6-14(19)23-10(2)15(20)17-13-8-7-11(18(21)22)9-12(13)16/h3-10H,1-2H3,(H,17,20)/b4-3+,6-5+. The lowest BCUT2D eigenvalue weighted by atomic mass is 10.2. The summed E-state index contributed by atoms with van der Waals surface area (Å²) in [5.74, 6) is -1.27. The van der Waals surface area contributed by atoms with E-state index in [1.54, 1.807) is 19.1 Å². The fraction of sp³-hybridized carbons (Fsp3) is 0.200. The lowest BCUT2D eigenvalue weighted by Gasteiger charge is -2.13. The molecule has 8 heteroatoms. The Bertz CT molecular complexity index is 670. The largest absolute Gasteiger partial charge is 0.449 e. The number of benzene rings is 1. The third-order valence-electron chi connectivity index (χ3n) is 2.62. The van der Waals surface area contributed by atoms with E-state index < -0.39 is 22.9 Å². The normalized spacial score (nSPS) is 12.3. The van der Waals surface area contributed by atoms with E-state index in [9.17, 15) is 19.7 Å². The van der Waals surface area contributed by atoms with Crippen LogP contribution in [0.25, 0.3) is 0 Å². The van der Waals surface area contributed by atoms with Crippen LogP contribution in [0.5, 0.6) is 0 Å². The average molecular weight is 339 g/mol. The predicted octanol–water partition coefficient (Wildman–Crippen LogP) is 3.25. The minimum Gasteiger partial charge on any atom is -0.449 e. The fourth-order valence-corrected chi connectivity index (χ4v) is 1.69. The fourth-order valence-electron chi connectivity index (χ4n) is 1.47. The number of nitro benzene ring substituents is 1. The third-order valence-corrected chi connectivity index (χ3v) is 2.93. The Morgan fingerprint density at radius 2 is 2.09 bits per heavy atom. The Balaban J connectivity index is 2.68. The molecule has 7 nitrogen and oxygen atoms in total. The highest BCUT2D eigenvalue weighted by molar-refractivity contribution is 6.34. The number of halogens is 1.